The Morgan fingerprint density at radius 3 is 2.56 bits per heavy atom. The molecule has 7 atom stereocenters. The zero-order valence-corrected chi connectivity index (χ0v) is 22.0. The van der Waals surface area contributed by atoms with Gasteiger partial charge in [0.1, 0.15) is 12.7 Å². The van der Waals surface area contributed by atoms with E-state index < -0.39 is 40.9 Å². The van der Waals surface area contributed by atoms with Crippen LogP contribution in [-0.2, 0) is 28.7 Å². The van der Waals surface area contributed by atoms with Gasteiger partial charge in [0.15, 0.2) is 11.4 Å². The molecule has 0 amide bonds. The van der Waals surface area contributed by atoms with E-state index >= 15 is 0 Å². The van der Waals surface area contributed by atoms with Gasteiger partial charge in [0.05, 0.1) is 0 Å². The van der Waals surface area contributed by atoms with E-state index in [4.69, 9.17) is 9.47 Å². The lowest BCUT2D eigenvalue weighted by molar-refractivity contribution is -0.206. The highest BCUT2D eigenvalue weighted by Gasteiger charge is 2.70. The number of carbonyl (C=O) groups excluding carboxylic acids is 4. The maximum atomic E-state index is 13.3. The van der Waals surface area contributed by atoms with Gasteiger partial charge in [-0.1, -0.05) is 45.8 Å². The maximum absolute atomic E-state index is 13.3. The predicted octanol–water partition coefficient (Wildman–Crippen LogP) is 4.26. The summed E-state index contributed by atoms with van der Waals surface area (Å²) < 4.78 is 12.2. The average molecular weight is 501 g/mol. The van der Waals surface area contributed by atoms with E-state index in [1.165, 1.54) is 0 Å². The van der Waals surface area contributed by atoms with Crippen molar-refractivity contribution in [1.29, 1.82) is 0 Å². The van der Waals surface area contributed by atoms with Gasteiger partial charge in [0.25, 0.3) is 0 Å². The molecular weight excluding hydrogens is 460 g/mol. The van der Waals surface area contributed by atoms with E-state index in [1.807, 2.05) is 19.9 Å². The standard InChI is InChI=1S/C29H40O7/c1-5-7-8-25(34)35-22-16-28(4)21(12-14-29(28,23(32)17-30)36-24(33)6-2)20-10-9-18-15-19(31)11-13-27(18,3)26(20)22/h11,13,15,20-22,26,30H,5-10,12,14,16-17H2,1-4H3/t20-,21-,22-,26+,27-,28-,29-/m0/s1. The van der Waals surface area contributed by atoms with Crippen molar-refractivity contribution in [3.8, 4) is 0 Å². The highest BCUT2D eigenvalue weighted by Crippen LogP contribution is 2.68. The van der Waals surface area contributed by atoms with Gasteiger partial charge >= 0.3 is 11.9 Å². The van der Waals surface area contributed by atoms with E-state index in [9.17, 15) is 24.3 Å². The number of ketones is 2. The lowest BCUT2D eigenvalue weighted by atomic mass is 9.46. The zero-order valence-electron chi connectivity index (χ0n) is 22.0. The number of rotatable bonds is 8. The fourth-order valence-electron chi connectivity index (χ4n) is 8.01. The van der Waals surface area contributed by atoms with Crippen molar-refractivity contribution in [3.63, 3.8) is 0 Å². The largest absolute Gasteiger partial charge is 0.462 e. The molecule has 0 radical (unpaired) electrons. The first-order valence-electron chi connectivity index (χ1n) is 13.6. The Hall–Kier alpha value is -2.28. The normalized spacial score (nSPS) is 38.9. The second-order valence-corrected chi connectivity index (χ2v) is 11.6. The van der Waals surface area contributed by atoms with Crippen molar-refractivity contribution in [2.75, 3.05) is 6.61 Å². The molecule has 0 heterocycles. The van der Waals surface area contributed by atoms with Crippen LogP contribution in [0, 0.1) is 28.6 Å². The quantitative estimate of drug-likeness (QED) is 0.496. The number of aliphatic hydroxyl groups is 1. The first-order chi connectivity index (χ1) is 17.1. The van der Waals surface area contributed by atoms with Crippen LogP contribution in [0.4, 0.5) is 0 Å². The summed E-state index contributed by atoms with van der Waals surface area (Å²) in [6.45, 7) is 7.12. The molecule has 4 aliphatic carbocycles. The third-order valence-electron chi connectivity index (χ3n) is 9.78. The van der Waals surface area contributed by atoms with E-state index in [2.05, 4.69) is 6.92 Å². The number of Topliss-reactive ketones (excluding diaryl/α,β-unsaturated/α-hetero) is 1. The summed E-state index contributed by atoms with van der Waals surface area (Å²) in [5.41, 5.74) is -1.57. The average Bonchev–Trinajstić information content (AvgIpc) is 3.14. The number of hydrogen-bond acceptors (Lipinski definition) is 7. The van der Waals surface area contributed by atoms with Crippen molar-refractivity contribution in [1.82, 2.24) is 0 Å². The molecule has 3 saturated carbocycles. The summed E-state index contributed by atoms with van der Waals surface area (Å²) in [4.78, 5) is 51.0. The molecule has 0 spiro atoms. The molecule has 0 aromatic rings. The molecule has 0 aromatic heterocycles. The van der Waals surface area contributed by atoms with E-state index in [0.717, 1.165) is 31.3 Å². The molecule has 4 rings (SSSR count). The lowest BCUT2D eigenvalue weighted by Gasteiger charge is -2.60. The number of aliphatic hydroxyl groups excluding tert-OH is 1. The molecule has 0 aliphatic heterocycles. The molecule has 7 nitrogen and oxygen atoms in total. The minimum atomic E-state index is -1.44. The fraction of sp³-hybridized carbons (Fsp3) is 0.724. The maximum Gasteiger partial charge on any atom is 0.306 e. The molecule has 1 N–H and O–H groups in total. The molecule has 0 bridgehead atoms. The van der Waals surface area contributed by atoms with Gasteiger partial charge in [-0.3, -0.25) is 19.2 Å². The molecule has 7 heteroatoms. The third-order valence-corrected chi connectivity index (χ3v) is 9.78. The minimum absolute atomic E-state index is 0.0158. The minimum Gasteiger partial charge on any atom is -0.462 e. The molecule has 198 valence electrons. The van der Waals surface area contributed by atoms with Crippen molar-refractivity contribution < 1.29 is 33.8 Å². The van der Waals surface area contributed by atoms with Crippen LogP contribution >= 0.6 is 0 Å². The van der Waals surface area contributed by atoms with Crippen molar-refractivity contribution in [2.24, 2.45) is 28.6 Å². The van der Waals surface area contributed by atoms with Gasteiger partial charge in [-0.25, -0.2) is 0 Å². The summed E-state index contributed by atoms with van der Waals surface area (Å²) in [5, 5.41) is 9.94. The Morgan fingerprint density at radius 1 is 1.14 bits per heavy atom. The van der Waals surface area contributed by atoms with Crippen LogP contribution in [0.1, 0.15) is 85.5 Å². The monoisotopic (exact) mass is 500 g/mol. The van der Waals surface area contributed by atoms with Crippen molar-refractivity contribution in [2.45, 2.75) is 97.2 Å². The summed E-state index contributed by atoms with van der Waals surface area (Å²) in [6, 6.07) is 0. The number of hydrogen-bond donors (Lipinski definition) is 1. The fourth-order valence-corrected chi connectivity index (χ4v) is 8.01. The highest BCUT2D eigenvalue weighted by atomic mass is 16.6. The van der Waals surface area contributed by atoms with E-state index in [0.29, 0.717) is 25.7 Å². The van der Waals surface area contributed by atoms with Crippen molar-refractivity contribution >= 4 is 23.5 Å². The Bertz CT molecular complexity index is 996. The Balaban J connectivity index is 1.79. The molecule has 0 unspecified atom stereocenters. The van der Waals surface area contributed by atoms with Gasteiger partial charge in [-0.15, -0.1) is 0 Å². The van der Waals surface area contributed by atoms with Gasteiger partial charge in [-0.05, 0) is 62.5 Å². The summed E-state index contributed by atoms with van der Waals surface area (Å²) in [7, 11) is 0. The summed E-state index contributed by atoms with van der Waals surface area (Å²) >= 11 is 0. The lowest BCUT2D eigenvalue weighted by Crippen LogP contribution is -2.63. The number of ether oxygens (including phenoxy) is 2. The van der Waals surface area contributed by atoms with E-state index in [1.54, 1.807) is 19.1 Å². The van der Waals surface area contributed by atoms with E-state index in [-0.39, 0.29) is 35.9 Å². The Kier molecular flexibility index (Phi) is 7.35. The van der Waals surface area contributed by atoms with Gasteiger partial charge in [0.2, 0.25) is 5.78 Å². The number of carbonyl (C=O) groups is 4. The topological polar surface area (TPSA) is 107 Å². The van der Waals surface area contributed by atoms with Crippen LogP contribution < -0.4 is 0 Å². The van der Waals surface area contributed by atoms with Crippen LogP contribution in [0.25, 0.3) is 0 Å². The summed E-state index contributed by atoms with van der Waals surface area (Å²) in [5.74, 6) is -1.10. The SMILES string of the molecule is CCCCC(=O)O[C@H]1C[C@@]2(C)[C@@H](CC[C@]2(OC(=O)CC)C(=O)CO)[C@@H]2CCC3=CC(=O)C=C[C@]3(C)[C@H]21. The van der Waals surface area contributed by atoms with Crippen LogP contribution in [0.3, 0.4) is 0 Å². The predicted molar refractivity (Wildman–Crippen MR) is 133 cm³/mol. The number of esters is 2. The van der Waals surface area contributed by atoms with Crippen LogP contribution in [0.15, 0.2) is 23.8 Å². The smallest absolute Gasteiger partial charge is 0.306 e. The van der Waals surface area contributed by atoms with Gasteiger partial charge in [-0.2, -0.15) is 0 Å². The third kappa shape index (κ3) is 4.07. The zero-order chi connectivity index (χ0) is 26.3. The molecule has 0 saturated heterocycles. The van der Waals surface area contributed by atoms with Gasteiger partial charge < -0.3 is 14.6 Å². The first kappa shape index (κ1) is 26.8. The highest BCUT2D eigenvalue weighted by molar-refractivity contribution is 6.01. The molecular formula is C29H40O7. The van der Waals surface area contributed by atoms with Crippen LogP contribution in [0.5, 0.6) is 0 Å². The van der Waals surface area contributed by atoms with Crippen molar-refractivity contribution in [3.05, 3.63) is 23.8 Å². The first-order valence-corrected chi connectivity index (χ1v) is 13.6. The number of allylic oxidation sites excluding steroid dienone is 4. The number of unbranched alkanes of at least 4 members (excludes halogenated alkanes) is 1. The molecule has 4 aliphatic rings. The number of fused-ring (bicyclic) bond motifs is 5. The summed E-state index contributed by atoms with van der Waals surface area (Å²) in [6.07, 6.45) is 9.87. The van der Waals surface area contributed by atoms with Crippen LogP contribution in [-0.4, -0.2) is 46.9 Å². The Morgan fingerprint density at radius 2 is 1.89 bits per heavy atom. The second-order valence-electron chi connectivity index (χ2n) is 11.6. The second kappa shape index (κ2) is 9.88. The molecule has 36 heavy (non-hydrogen) atoms. The molecule has 0 aromatic carbocycles. The Labute approximate surface area is 213 Å². The van der Waals surface area contributed by atoms with Crippen LogP contribution in [0.2, 0.25) is 0 Å². The van der Waals surface area contributed by atoms with Gasteiger partial charge in [0, 0.05) is 29.6 Å². The molecule has 3 fully saturated rings.